The van der Waals surface area contributed by atoms with Gasteiger partial charge in [-0.05, 0) is 47.2 Å². The highest BCUT2D eigenvalue weighted by Crippen LogP contribution is 2.40. The number of allylic oxidation sites excluding steroid dienone is 2. The summed E-state index contributed by atoms with van der Waals surface area (Å²) in [6.07, 6.45) is 6.16. The smallest absolute Gasteiger partial charge is 0.197 e. The van der Waals surface area contributed by atoms with Crippen LogP contribution in [-0.4, -0.2) is 18.9 Å². The van der Waals surface area contributed by atoms with Gasteiger partial charge in [-0.3, -0.25) is 4.79 Å². The van der Waals surface area contributed by atoms with E-state index in [1.807, 2.05) is 12.1 Å². The summed E-state index contributed by atoms with van der Waals surface area (Å²) < 4.78 is 0. The van der Waals surface area contributed by atoms with E-state index in [2.05, 4.69) is 82.9 Å². The Morgan fingerprint density at radius 2 is 1.03 bits per heavy atom. The van der Waals surface area contributed by atoms with Crippen molar-refractivity contribution in [1.82, 2.24) is 0 Å². The first-order chi connectivity index (χ1) is 14.8. The molecule has 3 aromatic carbocycles. The van der Waals surface area contributed by atoms with Crippen molar-refractivity contribution in [3.05, 3.63) is 107 Å². The molecule has 0 bridgehead atoms. The molecule has 0 amide bonds. The number of rotatable bonds is 2. The molecule has 6 rings (SSSR count). The lowest BCUT2D eigenvalue weighted by molar-refractivity contribution is -0.108. The molecule has 1 aliphatic carbocycles. The van der Waals surface area contributed by atoms with Gasteiger partial charge in [0.05, 0.1) is 0 Å². The molecule has 0 unspecified atom stereocenters. The minimum absolute atomic E-state index is 0.116. The van der Waals surface area contributed by atoms with Gasteiger partial charge in [0.2, 0.25) is 0 Å². The number of hydrogen-bond donors (Lipinski definition) is 0. The number of nitrogens with zero attached hydrogens (tertiary/aromatic N) is 2. The van der Waals surface area contributed by atoms with Gasteiger partial charge in [0.25, 0.3) is 0 Å². The van der Waals surface area contributed by atoms with E-state index in [1.54, 1.807) is 0 Å². The van der Waals surface area contributed by atoms with Crippen LogP contribution in [0.5, 0.6) is 0 Å². The molecule has 2 aliphatic heterocycles. The van der Waals surface area contributed by atoms with E-state index in [0.29, 0.717) is 0 Å². The van der Waals surface area contributed by atoms with Crippen LogP contribution in [0.2, 0.25) is 0 Å². The number of benzene rings is 3. The third-order valence-electron chi connectivity index (χ3n) is 6.41. The minimum atomic E-state index is 0.116. The highest BCUT2D eigenvalue weighted by Gasteiger charge is 2.32. The highest BCUT2D eigenvalue weighted by atomic mass is 16.1. The monoisotopic (exact) mass is 390 g/mol. The summed E-state index contributed by atoms with van der Waals surface area (Å²) in [5.74, 6) is 0.116. The predicted molar refractivity (Wildman–Crippen MR) is 122 cm³/mol. The molecule has 0 spiro atoms. The first-order valence-electron chi connectivity index (χ1n) is 10.6. The Morgan fingerprint density at radius 1 is 0.600 bits per heavy atom. The van der Waals surface area contributed by atoms with Gasteiger partial charge < -0.3 is 9.80 Å². The number of carbonyl (C=O) groups is 1. The zero-order valence-electron chi connectivity index (χ0n) is 16.7. The van der Waals surface area contributed by atoms with Gasteiger partial charge >= 0.3 is 0 Å². The normalized spacial score (nSPS) is 19.5. The molecule has 3 nitrogen and oxygen atoms in total. The standard InChI is InChI=1S/C27H22N2O/c30-27-23(17-28-15-13-19-7-1-5-11-25(19)28)21-9-3-4-10-22(21)24(27)18-29-16-14-20-8-2-6-12-26(20)29/h1-12,17-18H,13-16H2. The molecule has 0 saturated heterocycles. The van der Waals surface area contributed by atoms with Crippen LogP contribution >= 0.6 is 0 Å². The van der Waals surface area contributed by atoms with Crippen LogP contribution in [0, 0.1) is 0 Å². The van der Waals surface area contributed by atoms with Gasteiger partial charge in [0, 0.05) is 48.0 Å². The number of anilines is 2. The summed E-state index contributed by atoms with van der Waals surface area (Å²) >= 11 is 0. The second-order valence-electron chi connectivity index (χ2n) is 8.10. The summed E-state index contributed by atoms with van der Waals surface area (Å²) in [4.78, 5) is 18.0. The maximum atomic E-state index is 13.6. The Kier molecular flexibility index (Phi) is 3.88. The van der Waals surface area contributed by atoms with Crippen molar-refractivity contribution in [3.8, 4) is 0 Å². The molecule has 0 fully saturated rings. The molecule has 146 valence electrons. The van der Waals surface area contributed by atoms with Gasteiger partial charge in [0.1, 0.15) is 0 Å². The molecule has 30 heavy (non-hydrogen) atoms. The summed E-state index contributed by atoms with van der Waals surface area (Å²) in [5.41, 5.74) is 8.76. The number of hydrogen-bond acceptors (Lipinski definition) is 3. The quantitative estimate of drug-likeness (QED) is 0.571. The first-order valence-corrected chi connectivity index (χ1v) is 10.6. The molecule has 3 aromatic rings. The second kappa shape index (κ2) is 6.74. The summed E-state index contributed by atoms with van der Waals surface area (Å²) in [5, 5.41) is 0. The van der Waals surface area contributed by atoms with Crippen LogP contribution in [-0.2, 0) is 17.6 Å². The van der Waals surface area contributed by atoms with Crippen molar-refractivity contribution in [2.45, 2.75) is 12.8 Å². The molecule has 0 radical (unpaired) electrons. The zero-order chi connectivity index (χ0) is 20.1. The van der Waals surface area contributed by atoms with Crippen molar-refractivity contribution < 1.29 is 4.79 Å². The number of carbonyl (C=O) groups excluding carboxylic acids is 1. The number of para-hydroxylation sites is 2. The lowest BCUT2D eigenvalue weighted by Crippen LogP contribution is -2.15. The number of Topliss-reactive ketones (excluding diaryl/α,β-unsaturated/α-hetero) is 1. The summed E-state index contributed by atoms with van der Waals surface area (Å²) in [6, 6.07) is 25.1. The second-order valence-corrected chi connectivity index (χ2v) is 8.10. The summed E-state index contributed by atoms with van der Waals surface area (Å²) in [7, 11) is 0. The topological polar surface area (TPSA) is 23.6 Å². The van der Waals surface area contributed by atoms with Crippen molar-refractivity contribution in [2.24, 2.45) is 0 Å². The molecular formula is C27H22N2O. The van der Waals surface area contributed by atoms with Crippen LogP contribution < -0.4 is 9.80 Å². The Morgan fingerprint density at radius 3 is 1.53 bits per heavy atom. The predicted octanol–water partition coefficient (Wildman–Crippen LogP) is 5.08. The third-order valence-corrected chi connectivity index (χ3v) is 6.41. The van der Waals surface area contributed by atoms with Crippen molar-refractivity contribution in [1.29, 1.82) is 0 Å². The number of ketones is 1. The van der Waals surface area contributed by atoms with Crippen molar-refractivity contribution in [3.63, 3.8) is 0 Å². The fourth-order valence-electron chi connectivity index (χ4n) is 4.91. The highest BCUT2D eigenvalue weighted by molar-refractivity contribution is 6.47. The lowest BCUT2D eigenvalue weighted by atomic mass is 10.1. The molecule has 0 atom stereocenters. The SMILES string of the molecule is O=C1C(=CN2CCc3ccccc32)c2ccccc2C1=CN1CCc2ccccc21. The third kappa shape index (κ3) is 2.62. The Labute approximate surface area is 176 Å². The van der Waals surface area contributed by atoms with Gasteiger partial charge in [-0.1, -0.05) is 60.7 Å². The van der Waals surface area contributed by atoms with E-state index in [1.165, 1.54) is 22.5 Å². The van der Waals surface area contributed by atoms with E-state index in [9.17, 15) is 4.79 Å². The van der Waals surface area contributed by atoms with Gasteiger partial charge in [0.15, 0.2) is 5.78 Å². The number of fused-ring (bicyclic) bond motifs is 3. The van der Waals surface area contributed by atoms with Gasteiger partial charge in [-0.2, -0.15) is 0 Å². The fourth-order valence-corrected chi connectivity index (χ4v) is 4.91. The Bertz CT molecular complexity index is 1140. The van der Waals surface area contributed by atoms with Crippen molar-refractivity contribution in [2.75, 3.05) is 22.9 Å². The van der Waals surface area contributed by atoms with Crippen LogP contribution in [0.1, 0.15) is 22.3 Å². The minimum Gasteiger partial charge on any atom is -0.347 e. The first kappa shape index (κ1) is 17.3. The van der Waals surface area contributed by atoms with E-state index >= 15 is 0 Å². The molecule has 0 aromatic heterocycles. The average molecular weight is 390 g/mol. The molecule has 3 aliphatic rings. The van der Waals surface area contributed by atoms with E-state index in [4.69, 9.17) is 0 Å². The summed E-state index contributed by atoms with van der Waals surface area (Å²) in [6.45, 7) is 1.83. The molecule has 3 heteroatoms. The fraction of sp³-hybridized carbons (Fsp3) is 0.148. The van der Waals surface area contributed by atoms with E-state index in [0.717, 1.165) is 48.2 Å². The van der Waals surface area contributed by atoms with Crippen LogP contribution in [0.15, 0.2) is 85.2 Å². The largest absolute Gasteiger partial charge is 0.347 e. The van der Waals surface area contributed by atoms with Gasteiger partial charge in [-0.25, -0.2) is 0 Å². The van der Waals surface area contributed by atoms with Gasteiger partial charge in [-0.15, -0.1) is 0 Å². The lowest BCUT2D eigenvalue weighted by Gasteiger charge is -2.16. The Hall–Kier alpha value is -3.59. The maximum Gasteiger partial charge on any atom is 0.197 e. The molecule has 0 saturated carbocycles. The zero-order valence-corrected chi connectivity index (χ0v) is 16.7. The van der Waals surface area contributed by atoms with Crippen LogP contribution in [0.25, 0.3) is 11.1 Å². The van der Waals surface area contributed by atoms with E-state index < -0.39 is 0 Å². The Balaban J connectivity index is 1.42. The molecular weight excluding hydrogens is 368 g/mol. The molecule has 0 N–H and O–H groups in total. The maximum absolute atomic E-state index is 13.6. The van der Waals surface area contributed by atoms with Crippen LogP contribution in [0.4, 0.5) is 11.4 Å². The molecule has 2 heterocycles. The van der Waals surface area contributed by atoms with E-state index in [-0.39, 0.29) is 5.78 Å². The van der Waals surface area contributed by atoms with Crippen LogP contribution in [0.3, 0.4) is 0 Å². The average Bonchev–Trinajstić information content (AvgIpc) is 3.46. The van der Waals surface area contributed by atoms with Crippen molar-refractivity contribution >= 4 is 28.3 Å².